The van der Waals surface area contributed by atoms with Gasteiger partial charge in [-0.2, -0.15) is 0 Å². The SMILES string of the molecule is CC(=O)OC1OC(CN=[N+]=[N-])C(OC2OC(CN=[N+]=[N-])C(OC3OC(CN=[N+]=[N-])C(OC4OC(CN=[N+]=[N-])C(OC5OC(CN=[N+]=[N-])C(OC6OC(CN=[N+]=[N-])C(OC7OC(CN=[N+]=[N-])C(OC(C)=O)C(OC(C)=O)C7OC(C)=O)C(OC(C)=O)C6OC(C)=O)C(OC(C)=O)C5OC(C)=O)C(OC(C)=O)C4OC(C)=O)C(OC(C)=O)C3OC(C)=O)C(OC(C)=O)C2OC(C)=O)C(OC(C)=O)C1OC(C)=O. The summed E-state index contributed by atoms with van der Waals surface area (Å²) < 4.78 is 175. The highest BCUT2D eigenvalue weighted by atomic mass is 16.8. The molecule has 0 aromatic heterocycles. The van der Waals surface area contributed by atoms with Gasteiger partial charge in [0.1, 0.15) is 42.7 Å². The minimum atomic E-state index is -2.46. The first-order valence-electron chi connectivity index (χ1n) is 41.6. The van der Waals surface area contributed by atoms with E-state index < -0.39 is 356 Å². The second kappa shape index (κ2) is 53.9. The van der Waals surface area contributed by atoms with E-state index in [4.69, 9.17) is 137 Å². The van der Waals surface area contributed by atoms with E-state index in [1.54, 1.807) is 0 Å². The van der Waals surface area contributed by atoms with Crippen LogP contribution in [-0.2, 0) is 214 Å². The molecule has 66 heteroatoms. The molecule has 7 rings (SSSR count). The fourth-order valence-electron chi connectivity index (χ4n) is 15.7. The van der Waals surface area contributed by atoms with Crippen LogP contribution in [0, 0.1) is 0 Å². The van der Waals surface area contributed by atoms with Crippen molar-refractivity contribution in [2.24, 2.45) is 35.8 Å². The lowest BCUT2D eigenvalue weighted by Crippen LogP contribution is -2.70. The monoisotopic (exact) mass is 2000 g/mol. The molecule has 140 heavy (non-hydrogen) atoms. The van der Waals surface area contributed by atoms with E-state index >= 15 is 0 Å². The molecule has 7 heterocycles. The van der Waals surface area contributed by atoms with Crippen molar-refractivity contribution in [2.45, 2.75) is 326 Å². The summed E-state index contributed by atoms with van der Waals surface area (Å²) in [4.78, 5) is 233. The number of esters is 16. The van der Waals surface area contributed by atoms with Crippen LogP contribution in [0.1, 0.15) is 111 Å². The fourth-order valence-corrected chi connectivity index (χ4v) is 15.7. The first-order chi connectivity index (χ1) is 66.3. The molecule has 768 valence electrons. The highest BCUT2D eigenvalue weighted by Gasteiger charge is 2.65. The molecule has 0 bridgehead atoms. The van der Waals surface area contributed by atoms with Crippen molar-refractivity contribution in [3.63, 3.8) is 0 Å². The first-order valence-corrected chi connectivity index (χ1v) is 41.6. The third-order valence-corrected chi connectivity index (χ3v) is 20.0. The van der Waals surface area contributed by atoms with Gasteiger partial charge in [0.25, 0.3) is 0 Å². The van der Waals surface area contributed by atoms with E-state index in [9.17, 15) is 115 Å². The molecule has 7 aliphatic heterocycles. The third-order valence-electron chi connectivity index (χ3n) is 20.0. The van der Waals surface area contributed by atoms with E-state index in [1.165, 1.54) is 0 Å². The molecule has 0 saturated carbocycles. The van der Waals surface area contributed by atoms with E-state index in [2.05, 4.69) is 70.2 Å². The standard InChI is InChI=1S/C74H97N21O45/c1-24(96)112-47-40(17-82-89-75)129-69(62(121-33(10)105)54(47)113-25(2)97)136-49-42(19-84-91-77)131-71(64(123-35(12)107)56(49)115-27(4)99)138-51-44(21-86-93-79)133-73(66(125-37(14)109)58(51)117-29(6)101)140-53-46(23-88-95-81)134-74(67(126-38(15)110)60(53)119-31(8)103)139-52-45(22-87-94-80)132-72(65(124-36(13)108)59(52)118-30(7)102)137-50-43(20-85-92-78)130-70(63(122-34(11)106)57(50)116-28(5)100)135-48-41(18-83-90-76)128-68(127-39(16)111)61(120-32(9)104)55(48)114-26(3)98/h40-74H,17-23H2,1-16H3. The average Bonchev–Trinajstić information content (AvgIpc) is 0.755. The van der Waals surface area contributed by atoms with Gasteiger partial charge in [0.2, 0.25) is 12.4 Å². The van der Waals surface area contributed by atoms with Crippen LogP contribution in [0.25, 0.3) is 73.1 Å². The molecule has 0 radical (unpaired) electrons. The van der Waals surface area contributed by atoms with Crippen LogP contribution in [0.5, 0.6) is 0 Å². The Morgan fingerprint density at radius 3 is 0.407 bits per heavy atom. The molecule has 0 aliphatic carbocycles. The number of rotatable bonds is 42. The van der Waals surface area contributed by atoms with Gasteiger partial charge >= 0.3 is 95.5 Å². The molecule has 0 aromatic carbocycles. The maximum atomic E-state index is 13.8. The van der Waals surface area contributed by atoms with Gasteiger partial charge in [-0.05, 0) is 38.7 Å². The molecule has 7 fully saturated rings. The van der Waals surface area contributed by atoms with Crippen molar-refractivity contribution in [1.29, 1.82) is 0 Å². The molecule has 0 spiro atoms. The van der Waals surface area contributed by atoms with Gasteiger partial charge in [-0.25, -0.2) is 0 Å². The Balaban J connectivity index is 1.36. The number of carbonyl (C=O) groups excluding carboxylic acids is 16. The van der Waals surface area contributed by atoms with Crippen LogP contribution >= 0.6 is 0 Å². The van der Waals surface area contributed by atoms with Gasteiger partial charge in [0.15, 0.2) is 123 Å². The maximum Gasteiger partial charge on any atom is 0.305 e. The lowest BCUT2D eigenvalue weighted by atomic mass is 9.94. The smallest absolute Gasteiger partial charge is 0.305 e. The predicted octanol–water partition coefficient (Wildman–Crippen LogP) is 2.08. The number of ether oxygens (including phenoxy) is 29. The van der Waals surface area contributed by atoms with Crippen molar-refractivity contribution < 1.29 is 214 Å². The summed E-state index contributed by atoms with van der Waals surface area (Å²) >= 11 is 0. The van der Waals surface area contributed by atoms with Crippen molar-refractivity contribution in [1.82, 2.24) is 0 Å². The van der Waals surface area contributed by atoms with E-state index in [1.807, 2.05) is 0 Å². The second-order valence-electron chi connectivity index (χ2n) is 30.5. The Kier molecular flexibility index (Phi) is 43.6. The Hall–Kier alpha value is -13.8. The van der Waals surface area contributed by atoms with Crippen LogP contribution in [-0.4, -0.2) is 356 Å². The predicted molar refractivity (Wildman–Crippen MR) is 433 cm³/mol. The topological polar surface area (TPSA) is 882 Å². The maximum absolute atomic E-state index is 13.8. The number of nitrogens with zero attached hydrogens (tertiary/aromatic N) is 21. The minimum Gasteiger partial charge on any atom is -0.456 e. The highest BCUT2D eigenvalue weighted by molar-refractivity contribution is 5.72. The Morgan fingerprint density at radius 1 is 0.164 bits per heavy atom. The number of azide groups is 7. The second-order valence-corrected chi connectivity index (χ2v) is 30.5. The minimum absolute atomic E-state index is 0.759. The van der Waals surface area contributed by atoms with Crippen LogP contribution < -0.4 is 0 Å². The van der Waals surface area contributed by atoms with Crippen LogP contribution in [0.15, 0.2) is 35.8 Å². The third kappa shape index (κ3) is 32.1. The van der Waals surface area contributed by atoms with Crippen LogP contribution in [0.2, 0.25) is 0 Å². The van der Waals surface area contributed by atoms with Crippen molar-refractivity contribution in [2.75, 3.05) is 45.8 Å². The summed E-state index contributed by atoms with van der Waals surface area (Å²) in [6.07, 6.45) is -75.5. The summed E-state index contributed by atoms with van der Waals surface area (Å²) in [5.74, 6) is -19.4. The van der Waals surface area contributed by atoms with Gasteiger partial charge in [0.05, 0.1) is 82.4 Å². The Bertz CT molecular complexity index is 4800. The van der Waals surface area contributed by atoms with E-state index in [0.717, 1.165) is 111 Å². The molecule has 7 saturated heterocycles. The Labute approximate surface area is 787 Å². The summed E-state index contributed by atoms with van der Waals surface area (Å²) in [6, 6.07) is 0. The number of carbonyl (C=O) groups is 16. The van der Waals surface area contributed by atoms with Gasteiger partial charge in [-0.1, -0.05) is 35.8 Å². The highest BCUT2D eigenvalue weighted by Crippen LogP contribution is 2.44. The molecule has 0 amide bonds. The normalized spacial score (nSPS) is 33.6. The van der Waals surface area contributed by atoms with Crippen LogP contribution in [0.3, 0.4) is 0 Å². The van der Waals surface area contributed by atoms with Crippen LogP contribution in [0.4, 0.5) is 0 Å². The average molecular weight is 2000 g/mol. The lowest BCUT2D eigenvalue weighted by Gasteiger charge is -2.52. The lowest BCUT2D eigenvalue weighted by molar-refractivity contribution is -0.392. The van der Waals surface area contributed by atoms with Gasteiger partial charge < -0.3 is 137 Å². The van der Waals surface area contributed by atoms with Gasteiger partial charge in [-0.15, -0.1) is 0 Å². The fraction of sp³-hybridized carbons (Fsp3) is 0.784. The molecule has 35 atom stereocenters. The molecular weight excluding hydrogens is 1900 g/mol. The zero-order chi connectivity index (χ0) is 104. The largest absolute Gasteiger partial charge is 0.456 e. The zero-order valence-electron chi connectivity index (χ0n) is 76.9. The van der Waals surface area contributed by atoms with E-state index in [-0.39, 0.29) is 0 Å². The van der Waals surface area contributed by atoms with Crippen molar-refractivity contribution in [3.05, 3.63) is 73.1 Å². The van der Waals surface area contributed by atoms with E-state index in [0.29, 0.717) is 0 Å². The Morgan fingerprint density at radius 2 is 0.271 bits per heavy atom. The number of hydrogen-bond acceptors (Lipinski definition) is 52. The summed E-state index contributed by atoms with van der Waals surface area (Å²) in [5, 5.41) is 25.1. The van der Waals surface area contributed by atoms with Gasteiger partial charge in [0, 0.05) is 145 Å². The number of hydrogen-bond donors (Lipinski definition) is 0. The first kappa shape index (κ1) is 113. The summed E-state index contributed by atoms with van der Waals surface area (Å²) in [5.41, 5.74) is 68.8. The summed E-state index contributed by atoms with van der Waals surface area (Å²) in [7, 11) is 0. The van der Waals surface area contributed by atoms with Crippen molar-refractivity contribution >= 4 is 95.5 Å². The molecule has 0 N–H and O–H groups in total. The molecular formula is C74H97N21O45. The molecule has 7 aliphatic rings. The van der Waals surface area contributed by atoms with Crippen molar-refractivity contribution in [3.8, 4) is 0 Å². The molecule has 66 nitrogen and oxygen atoms in total. The molecule has 35 unspecified atom stereocenters. The summed E-state index contributed by atoms with van der Waals surface area (Å²) in [6.45, 7) is 6.71. The zero-order valence-corrected chi connectivity index (χ0v) is 76.9. The molecule has 0 aromatic rings. The van der Waals surface area contributed by atoms with Gasteiger partial charge in [-0.3, -0.25) is 76.7 Å². The quantitative estimate of drug-likeness (QED) is 0.0277.